The van der Waals surface area contributed by atoms with E-state index in [1.54, 1.807) is 6.92 Å². The lowest BCUT2D eigenvalue weighted by molar-refractivity contribution is -0.106. The number of rotatable bonds is 1. The molecule has 5 N–H and O–H groups in total. The molecule has 0 saturated carbocycles. The quantitative estimate of drug-likeness (QED) is 0.395. The molecule has 5 nitrogen and oxygen atoms in total. The molecule has 0 rings (SSSR count). The molecule has 0 aliphatic carbocycles. The van der Waals surface area contributed by atoms with E-state index >= 15 is 0 Å². The van der Waals surface area contributed by atoms with Crippen LogP contribution >= 0.6 is 0 Å². The van der Waals surface area contributed by atoms with E-state index in [9.17, 15) is 0 Å². The summed E-state index contributed by atoms with van der Waals surface area (Å²) >= 11 is 0. The van der Waals surface area contributed by atoms with Gasteiger partial charge in [-0.3, -0.25) is 4.79 Å². The van der Waals surface area contributed by atoms with Crippen molar-refractivity contribution in [3.8, 4) is 0 Å². The predicted octanol–water partition coefficient (Wildman–Crippen LogP) is -0.903. The van der Waals surface area contributed by atoms with Gasteiger partial charge >= 0.3 is 0 Å². The molecule has 0 aliphatic rings. The van der Waals surface area contributed by atoms with Crippen molar-refractivity contribution in [1.29, 1.82) is 0 Å². The first-order valence-corrected chi connectivity index (χ1v) is 3.56. The second kappa shape index (κ2) is 80.6. The van der Waals surface area contributed by atoms with Crippen molar-refractivity contribution in [2.24, 2.45) is 5.73 Å². The van der Waals surface area contributed by atoms with Crippen LogP contribution in [-0.4, -0.2) is 42.1 Å². The Morgan fingerprint density at radius 2 is 1.33 bits per heavy atom. The van der Waals surface area contributed by atoms with E-state index in [1.807, 2.05) is 6.92 Å². The van der Waals surface area contributed by atoms with Gasteiger partial charge in [-0.25, -0.2) is 0 Å². The minimum Gasteiger partial charge on any atom is -0.400 e. The summed E-state index contributed by atoms with van der Waals surface area (Å²) in [6.45, 7) is 4.18. The number of amides is 1. The molecule has 0 saturated heterocycles. The largest absolute Gasteiger partial charge is 0.400 e. The lowest BCUT2D eigenvalue weighted by atomic mass is 10.5. The third-order valence-electron chi connectivity index (χ3n) is 0.224. The zero-order valence-electron chi connectivity index (χ0n) is 8.03. The fraction of sp³-hybridized carbons (Fsp3) is 0.857. The van der Waals surface area contributed by atoms with Gasteiger partial charge in [-0.2, -0.15) is 0 Å². The predicted molar refractivity (Wildman–Crippen MR) is 48.5 cm³/mol. The molecule has 0 unspecified atom stereocenters. The van der Waals surface area contributed by atoms with Gasteiger partial charge in [0.1, 0.15) is 0 Å². The third-order valence-corrected chi connectivity index (χ3v) is 0.224. The topological polar surface area (TPSA) is 104 Å². The van der Waals surface area contributed by atoms with Crippen molar-refractivity contribution in [3.63, 3.8) is 0 Å². The van der Waals surface area contributed by atoms with E-state index in [4.69, 9.17) is 20.1 Å². The lowest BCUT2D eigenvalue weighted by Crippen LogP contribution is -1.82. The highest BCUT2D eigenvalue weighted by Gasteiger charge is 1.57. The fourth-order valence-electron chi connectivity index (χ4n) is 0. The monoisotopic (exact) mass is 183 g/mol. The van der Waals surface area contributed by atoms with Crippen LogP contribution in [0.2, 0.25) is 0 Å². The van der Waals surface area contributed by atoms with Crippen molar-refractivity contribution in [1.82, 2.24) is 0 Å². The van der Waals surface area contributed by atoms with E-state index in [1.165, 1.54) is 0 Å². The van der Waals surface area contributed by atoms with Crippen molar-refractivity contribution in [2.75, 3.05) is 20.3 Å². The molecule has 5 heteroatoms. The molecule has 0 radical (unpaired) electrons. The van der Waals surface area contributed by atoms with Crippen LogP contribution in [0, 0.1) is 0 Å². The molecule has 0 aromatic carbocycles. The second-order valence-electron chi connectivity index (χ2n) is 1.18. The number of hydrogen-bond donors (Lipinski definition) is 4. The number of hydrogen-bond acceptors (Lipinski definition) is 4. The Bertz CT molecular complexity index is 42.4. The fourth-order valence-corrected chi connectivity index (χ4v) is 0. The van der Waals surface area contributed by atoms with Crippen LogP contribution in [0.15, 0.2) is 0 Å². The molecule has 0 aromatic heterocycles. The number of carbonyl (C=O) groups is 1. The molecule has 0 bridgehead atoms. The molecule has 0 heterocycles. The smallest absolute Gasteiger partial charge is 0.204 e. The summed E-state index contributed by atoms with van der Waals surface area (Å²) < 4.78 is 0. The molecular weight excluding hydrogens is 162 g/mol. The van der Waals surface area contributed by atoms with Crippen molar-refractivity contribution < 1.29 is 20.1 Å². The van der Waals surface area contributed by atoms with E-state index in [0.29, 0.717) is 6.61 Å². The summed E-state index contributed by atoms with van der Waals surface area (Å²) in [4.78, 5) is 8.58. The SMILES string of the molecule is CCCO.CCO.CO.NC=O. The minimum absolute atomic E-state index is 0.250. The number of carbonyl (C=O) groups excluding carboxylic acids is 1. The Hall–Kier alpha value is -0.650. The molecule has 0 atom stereocenters. The molecule has 0 aliphatic heterocycles. The Labute approximate surface area is 73.8 Å². The maximum absolute atomic E-state index is 8.58. The summed E-state index contributed by atoms with van der Waals surface area (Å²) in [6, 6.07) is 0. The van der Waals surface area contributed by atoms with Gasteiger partial charge in [-0.1, -0.05) is 6.92 Å². The van der Waals surface area contributed by atoms with Gasteiger partial charge in [-0.05, 0) is 13.3 Å². The van der Waals surface area contributed by atoms with Gasteiger partial charge in [0.2, 0.25) is 6.41 Å². The Morgan fingerprint density at radius 3 is 1.33 bits per heavy atom. The summed E-state index contributed by atoms with van der Waals surface area (Å²) in [5.74, 6) is 0. The molecule has 78 valence electrons. The molecule has 0 spiro atoms. The molecule has 0 aromatic rings. The standard InChI is InChI=1S/C3H8O.C2H6O.CH3NO.CH4O/c1-2-3-4;1-2-3;2-1-3;1-2/h4H,2-3H2,1H3;3H,2H2,1H3;1H,(H2,2,3);2H,1H3. The first-order valence-electron chi connectivity index (χ1n) is 3.56. The van der Waals surface area contributed by atoms with Gasteiger partial charge in [0.25, 0.3) is 0 Å². The average Bonchev–Trinajstić information content (AvgIpc) is 2.10. The van der Waals surface area contributed by atoms with Gasteiger partial charge < -0.3 is 21.1 Å². The van der Waals surface area contributed by atoms with E-state index in [-0.39, 0.29) is 13.0 Å². The van der Waals surface area contributed by atoms with E-state index in [2.05, 4.69) is 5.73 Å². The van der Waals surface area contributed by atoms with E-state index in [0.717, 1.165) is 13.5 Å². The van der Waals surface area contributed by atoms with Crippen molar-refractivity contribution in [3.05, 3.63) is 0 Å². The number of primary amides is 1. The summed E-state index contributed by atoms with van der Waals surface area (Å²) in [5, 5.41) is 22.4. The summed E-state index contributed by atoms with van der Waals surface area (Å²) in [5.41, 5.74) is 4.17. The highest BCUT2D eigenvalue weighted by molar-refractivity contribution is 5.42. The Kier molecular flexibility index (Phi) is 151. The number of aliphatic hydroxyl groups is 3. The van der Waals surface area contributed by atoms with E-state index < -0.39 is 0 Å². The maximum Gasteiger partial charge on any atom is 0.204 e. The molecule has 12 heavy (non-hydrogen) atoms. The Morgan fingerprint density at radius 1 is 1.25 bits per heavy atom. The first kappa shape index (κ1) is 22.5. The Balaban J connectivity index is -0.0000000368. The average molecular weight is 183 g/mol. The van der Waals surface area contributed by atoms with Crippen LogP contribution < -0.4 is 5.73 Å². The molecular formula is C7H21NO4. The third kappa shape index (κ3) is 5320. The zero-order chi connectivity index (χ0) is 10.8. The van der Waals surface area contributed by atoms with Crippen LogP contribution in [-0.2, 0) is 4.79 Å². The van der Waals surface area contributed by atoms with Gasteiger partial charge in [0, 0.05) is 20.3 Å². The molecule has 1 amide bonds. The lowest BCUT2D eigenvalue weighted by Gasteiger charge is -1.69. The van der Waals surface area contributed by atoms with Crippen LogP contribution in [0.3, 0.4) is 0 Å². The van der Waals surface area contributed by atoms with Crippen LogP contribution in [0.4, 0.5) is 0 Å². The zero-order valence-corrected chi connectivity index (χ0v) is 8.03. The molecule has 0 fully saturated rings. The van der Waals surface area contributed by atoms with Gasteiger partial charge in [0.05, 0.1) is 0 Å². The highest BCUT2D eigenvalue weighted by atomic mass is 16.3. The van der Waals surface area contributed by atoms with Gasteiger partial charge in [-0.15, -0.1) is 0 Å². The van der Waals surface area contributed by atoms with Crippen LogP contribution in [0.1, 0.15) is 20.3 Å². The van der Waals surface area contributed by atoms with Gasteiger partial charge in [0.15, 0.2) is 0 Å². The number of aliphatic hydroxyl groups excluding tert-OH is 3. The maximum atomic E-state index is 8.58. The van der Waals surface area contributed by atoms with Crippen molar-refractivity contribution >= 4 is 6.41 Å². The highest BCUT2D eigenvalue weighted by Crippen LogP contribution is 1.61. The second-order valence-corrected chi connectivity index (χ2v) is 1.18. The van der Waals surface area contributed by atoms with Crippen LogP contribution in [0.5, 0.6) is 0 Å². The van der Waals surface area contributed by atoms with Crippen LogP contribution in [0.25, 0.3) is 0 Å². The summed E-state index contributed by atoms with van der Waals surface area (Å²) in [6.07, 6.45) is 1.12. The minimum atomic E-state index is 0.250. The summed E-state index contributed by atoms with van der Waals surface area (Å²) in [7, 11) is 1.00. The first-order chi connectivity index (χ1) is 5.74. The van der Waals surface area contributed by atoms with Crippen molar-refractivity contribution in [2.45, 2.75) is 20.3 Å². The normalized spacial score (nSPS) is 5.50. The number of nitrogens with two attached hydrogens (primary N) is 1.